The maximum Gasteiger partial charge on any atom is 0.256 e. The summed E-state index contributed by atoms with van der Waals surface area (Å²) in [7, 11) is 1.64. The van der Waals surface area contributed by atoms with E-state index in [2.05, 4.69) is 0 Å². The predicted molar refractivity (Wildman–Crippen MR) is 92.7 cm³/mol. The van der Waals surface area contributed by atoms with Crippen LogP contribution in [-0.2, 0) is 20.3 Å². The minimum atomic E-state index is -1.10. The summed E-state index contributed by atoms with van der Waals surface area (Å²) < 4.78 is 11.5. The molecule has 4 rings (SSSR count). The Hall–Kier alpha value is -2.66. The number of rotatable bonds is 4. The second kappa shape index (κ2) is 6.69. The van der Waals surface area contributed by atoms with Gasteiger partial charge in [0.1, 0.15) is 5.75 Å². The zero-order valence-corrected chi connectivity index (χ0v) is 13.8. The average Bonchev–Trinajstić information content (AvgIpc) is 3.16. The summed E-state index contributed by atoms with van der Waals surface area (Å²) in [6, 6.07) is 27.1. The van der Waals surface area contributed by atoms with Crippen molar-refractivity contribution >= 4 is 0 Å². The molecule has 3 aromatic carbocycles. The summed E-state index contributed by atoms with van der Waals surface area (Å²) in [4.78, 5) is 11.4. The molecule has 25 heavy (non-hydrogen) atoms. The average molecular weight is 334 g/mol. The van der Waals surface area contributed by atoms with Crippen LogP contribution in [0.3, 0.4) is 0 Å². The van der Waals surface area contributed by atoms with Gasteiger partial charge >= 0.3 is 0 Å². The van der Waals surface area contributed by atoms with E-state index in [1.54, 1.807) is 7.11 Å². The molecule has 1 saturated heterocycles. The zero-order chi connectivity index (χ0) is 17.1. The van der Waals surface area contributed by atoms with E-state index in [4.69, 9.17) is 19.2 Å². The fraction of sp³-hybridized carbons (Fsp3) is 0.143. The molecule has 1 aliphatic heterocycles. The highest BCUT2D eigenvalue weighted by molar-refractivity contribution is 5.35. The molecule has 3 aromatic rings. The van der Waals surface area contributed by atoms with Crippen molar-refractivity contribution in [3.8, 4) is 5.75 Å². The second-order valence-electron chi connectivity index (χ2n) is 5.75. The van der Waals surface area contributed by atoms with Crippen LogP contribution in [0.25, 0.3) is 0 Å². The van der Waals surface area contributed by atoms with Gasteiger partial charge in [-0.15, -0.1) is 0 Å². The highest BCUT2D eigenvalue weighted by Crippen LogP contribution is 2.46. The monoisotopic (exact) mass is 334 g/mol. The van der Waals surface area contributed by atoms with Crippen molar-refractivity contribution in [3.05, 3.63) is 102 Å². The highest BCUT2D eigenvalue weighted by Gasteiger charge is 2.47. The Labute approximate surface area is 146 Å². The SMILES string of the molecule is COc1ccc(C2OOC(c3ccccc3)(c3ccccc3)O2)cc1. The minimum absolute atomic E-state index is 0.633. The third-order valence-corrected chi connectivity index (χ3v) is 4.22. The van der Waals surface area contributed by atoms with Gasteiger partial charge in [-0.05, 0) is 12.1 Å². The fourth-order valence-electron chi connectivity index (χ4n) is 2.90. The lowest BCUT2D eigenvalue weighted by molar-refractivity contribution is -0.325. The first-order valence-corrected chi connectivity index (χ1v) is 8.09. The first-order chi connectivity index (χ1) is 12.3. The van der Waals surface area contributed by atoms with Gasteiger partial charge < -0.3 is 9.47 Å². The van der Waals surface area contributed by atoms with E-state index in [-0.39, 0.29) is 0 Å². The second-order valence-corrected chi connectivity index (χ2v) is 5.75. The molecule has 0 spiro atoms. The predicted octanol–water partition coefficient (Wildman–Crippen LogP) is 4.57. The van der Waals surface area contributed by atoms with Gasteiger partial charge in [-0.1, -0.05) is 72.8 Å². The van der Waals surface area contributed by atoms with E-state index in [0.717, 1.165) is 22.4 Å². The molecule has 1 fully saturated rings. The van der Waals surface area contributed by atoms with Crippen molar-refractivity contribution in [2.75, 3.05) is 7.11 Å². The molecule has 0 saturated carbocycles. The first kappa shape index (κ1) is 15.8. The van der Waals surface area contributed by atoms with Crippen LogP contribution in [-0.4, -0.2) is 7.11 Å². The Morgan fingerprint density at radius 2 is 1.32 bits per heavy atom. The van der Waals surface area contributed by atoms with Gasteiger partial charge in [0, 0.05) is 16.7 Å². The number of hydrogen-bond donors (Lipinski definition) is 0. The van der Waals surface area contributed by atoms with Gasteiger partial charge in [0.15, 0.2) is 0 Å². The van der Waals surface area contributed by atoms with Gasteiger partial charge in [0.25, 0.3) is 5.79 Å². The molecule has 1 heterocycles. The summed E-state index contributed by atoms with van der Waals surface area (Å²) in [5, 5.41) is 0. The van der Waals surface area contributed by atoms with E-state index in [0.29, 0.717) is 0 Å². The van der Waals surface area contributed by atoms with Crippen LogP contribution in [0.4, 0.5) is 0 Å². The van der Waals surface area contributed by atoms with Gasteiger partial charge in [-0.3, -0.25) is 0 Å². The lowest BCUT2D eigenvalue weighted by atomic mass is 9.97. The molecule has 0 amide bonds. The summed E-state index contributed by atoms with van der Waals surface area (Å²) in [6.45, 7) is 0. The number of hydrogen-bond acceptors (Lipinski definition) is 4. The fourth-order valence-corrected chi connectivity index (χ4v) is 2.90. The van der Waals surface area contributed by atoms with Crippen molar-refractivity contribution in [2.45, 2.75) is 12.1 Å². The molecule has 0 N–H and O–H groups in total. The highest BCUT2D eigenvalue weighted by atomic mass is 17.3. The molecular weight excluding hydrogens is 316 g/mol. The van der Waals surface area contributed by atoms with E-state index >= 15 is 0 Å². The third-order valence-electron chi connectivity index (χ3n) is 4.22. The van der Waals surface area contributed by atoms with E-state index in [1.807, 2.05) is 84.9 Å². The molecule has 1 unspecified atom stereocenters. The summed E-state index contributed by atoms with van der Waals surface area (Å²) in [5.74, 6) is -0.326. The molecule has 0 radical (unpaired) electrons. The van der Waals surface area contributed by atoms with Crippen molar-refractivity contribution < 1.29 is 19.2 Å². The maximum atomic E-state index is 6.30. The largest absolute Gasteiger partial charge is 0.497 e. The van der Waals surface area contributed by atoms with Crippen LogP contribution in [0.15, 0.2) is 84.9 Å². The van der Waals surface area contributed by atoms with Gasteiger partial charge in [0.05, 0.1) is 7.11 Å². The molecule has 4 heteroatoms. The third kappa shape index (κ3) is 2.91. The van der Waals surface area contributed by atoms with Gasteiger partial charge in [-0.2, -0.15) is 9.78 Å². The Morgan fingerprint density at radius 3 is 1.84 bits per heavy atom. The number of ether oxygens (including phenoxy) is 2. The minimum Gasteiger partial charge on any atom is -0.497 e. The van der Waals surface area contributed by atoms with Gasteiger partial charge in [0.2, 0.25) is 6.29 Å². The molecule has 0 aromatic heterocycles. The Morgan fingerprint density at radius 1 is 0.760 bits per heavy atom. The topological polar surface area (TPSA) is 36.9 Å². The molecule has 1 atom stereocenters. The number of methoxy groups -OCH3 is 1. The standard InChI is InChI=1S/C21H18O4/c1-22-19-14-12-16(13-15-19)20-23-21(25-24-20,17-8-4-2-5-9-17)18-10-6-3-7-11-18/h2-15,20H,1H3. The van der Waals surface area contributed by atoms with Crippen LogP contribution in [0.1, 0.15) is 23.0 Å². The van der Waals surface area contributed by atoms with Crippen LogP contribution < -0.4 is 4.74 Å². The molecular formula is C21H18O4. The molecule has 0 aliphatic carbocycles. The maximum absolute atomic E-state index is 6.30. The molecule has 4 nitrogen and oxygen atoms in total. The first-order valence-electron chi connectivity index (χ1n) is 8.09. The van der Waals surface area contributed by atoms with Crippen LogP contribution in [0.2, 0.25) is 0 Å². The van der Waals surface area contributed by atoms with Crippen LogP contribution >= 0.6 is 0 Å². The summed E-state index contributed by atoms with van der Waals surface area (Å²) in [5.41, 5.74) is 2.60. The summed E-state index contributed by atoms with van der Waals surface area (Å²) in [6.07, 6.45) is -0.633. The lowest BCUT2D eigenvalue weighted by Crippen LogP contribution is -2.28. The molecule has 126 valence electrons. The van der Waals surface area contributed by atoms with E-state index < -0.39 is 12.1 Å². The van der Waals surface area contributed by atoms with E-state index in [1.165, 1.54) is 0 Å². The lowest BCUT2D eigenvalue weighted by Gasteiger charge is -2.26. The Bertz CT molecular complexity index is 776. The van der Waals surface area contributed by atoms with Crippen molar-refractivity contribution in [3.63, 3.8) is 0 Å². The van der Waals surface area contributed by atoms with Crippen molar-refractivity contribution in [2.24, 2.45) is 0 Å². The Kier molecular flexibility index (Phi) is 4.24. The number of benzene rings is 3. The van der Waals surface area contributed by atoms with Gasteiger partial charge in [-0.25, -0.2) is 0 Å². The normalized spacial score (nSPS) is 18.8. The van der Waals surface area contributed by atoms with Crippen molar-refractivity contribution in [1.29, 1.82) is 0 Å². The summed E-state index contributed by atoms with van der Waals surface area (Å²) >= 11 is 0. The zero-order valence-electron chi connectivity index (χ0n) is 13.8. The van der Waals surface area contributed by atoms with Crippen LogP contribution in [0, 0.1) is 0 Å². The smallest absolute Gasteiger partial charge is 0.256 e. The molecule has 1 aliphatic rings. The van der Waals surface area contributed by atoms with E-state index in [9.17, 15) is 0 Å². The van der Waals surface area contributed by atoms with Crippen LogP contribution in [0.5, 0.6) is 5.75 Å². The van der Waals surface area contributed by atoms with Crippen molar-refractivity contribution in [1.82, 2.24) is 0 Å². The molecule has 0 bridgehead atoms. The quantitative estimate of drug-likeness (QED) is 0.655. The Balaban J connectivity index is 1.71.